The minimum Gasteiger partial charge on any atom is -0.428 e. The van der Waals surface area contributed by atoms with Crippen LogP contribution in [0.2, 0.25) is 0 Å². The van der Waals surface area contributed by atoms with Gasteiger partial charge in [-0.15, -0.1) is 0 Å². The standard InChI is InChI=1S/C12H14N2O3S/c15-18(16,8-9-4-3-7-13-9)12-14-10-5-1-2-6-11(10)17-12/h1-2,5-6,9,13H,3-4,7-8H2. The number of nitrogens with zero attached hydrogens (tertiary/aromatic N) is 1. The van der Waals surface area contributed by atoms with Crippen LogP contribution in [0.1, 0.15) is 12.8 Å². The third kappa shape index (κ3) is 2.13. The molecular weight excluding hydrogens is 252 g/mol. The predicted molar refractivity (Wildman–Crippen MR) is 67.1 cm³/mol. The Morgan fingerprint density at radius 3 is 2.94 bits per heavy atom. The van der Waals surface area contributed by atoms with Crippen LogP contribution in [0.4, 0.5) is 0 Å². The summed E-state index contributed by atoms with van der Waals surface area (Å²) in [6.07, 6.45) is 1.91. The van der Waals surface area contributed by atoms with Crippen molar-refractivity contribution in [1.82, 2.24) is 10.3 Å². The second kappa shape index (κ2) is 4.37. The third-order valence-electron chi connectivity index (χ3n) is 3.12. The van der Waals surface area contributed by atoms with Gasteiger partial charge in [-0.25, -0.2) is 8.42 Å². The van der Waals surface area contributed by atoms with Gasteiger partial charge in [0.2, 0.25) is 9.84 Å². The number of para-hydroxylation sites is 2. The molecule has 3 rings (SSSR count). The lowest BCUT2D eigenvalue weighted by atomic mass is 10.3. The summed E-state index contributed by atoms with van der Waals surface area (Å²) in [7, 11) is -3.45. The molecule has 5 nitrogen and oxygen atoms in total. The first-order valence-electron chi connectivity index (χ1n) is 5.97. The van der Waals surface area contributed by atoms with Crippen molar-refractivity contribution in [3.8, 4) is 0 Å². The number of hydrogen-bond acceptors (Lipinski definition) is 5. The number of benzene rings is 1. The fourth-order valence-electron chi connectivity index (χ4n) is 2.22. The first-order chi connectivity index (χ1) is 8.65. The maximum atomic E-state index is 12.2. The van der Waals surface area contributed by atoms with Crippen LogP contribution in [-0.2, 0) is 9.84 Å². The Bertz CT molecular complexity index is 624. The van der Waals surface area contributed by atoms with Crippen molar-refractivity contribution >= 4 is 20.9 Å². The van der Waals surface area contributed by atoms with Gasteiger partial charge < -0.3 is 9.73 Å². The molecule has 0 spiro atoms. The van der Waals surface area contributed by atoms with Crippen molar-refractivity contribution in [1.29, 1.82) is 0 Å². The molecule has 6 heteroatoms. The van der Waals surface area contributed by atoms with Crippen molar-refractivity contribution in [2.75, 3.05) is 12.3 Å². The molecule has 1 saturated heterocycles. The number of rotatable bonds is 3. The Morgan fingerprint density at radius 2 is 2.22 bits per heavy atom. The molecule has 1 unspecified atom stereocenters. The van der Waals surface area contributed by atoms with Crippen LogP contribution in [0.5, 0.6) is 0 Å². The molecule has 1 aromatic heterocycles. The second-order valence-electron chi connectivity index (χ2n) is 4.52. The highest BCUT2D eigenvalue weighted by Crippen LogP contribution is 2.20. The van der Waals surface area contributed by atoms with E-state index in [0.717, 1.165) is 19.4 Å². The molecule has 0 aliphatic carbocycles. The van der Waals surface area contributed by atoms with Crippen LogP contribution in [0.15, 0.2) is 33.9 Å². The molecule has 96 valence electrons. The Labute approximate surface area is 105 Å². The van der Waals surface area contributed by atoms with E-state index in [4.69, 9.17) is 4.42 Å². The zero-order valence-corrected chi connectivity index (χ0v) is 10.6. The number of oxazole rings is 1. The van der Waals surface area contributed by atoms with Gasteiger partial charge in [0.05, 0.1) is 5.75 Å². The average Bonchev–Trinajstić information content (AvgIpc) is 2.96. The lowest BCUT2D eigenvalue weighted by Crippen LogP contribution is -2.30. The van der Waals surface area contributed by atoms with E-state index in [1.54, 1.807) is 24.3 Å². The summed E-state index contributed by atoms with van der Waals surface area (Å²) < 4.78 is 29.6. The minimum absolute atomic E-state index is 0.0185. The van der Waals surface area contributed by atoms with Crippen LogP contribution in [0.3, 0.4) is 0 Å². The normalized spacial score (nSPS) is 20.6. The van der Waals surface area contributed by atoms with Crippen LogP contribution in [-0.4, -0.2) is 31.7 Å². The first-order valence-corrected chi connectivity index (χ1v) is 7.62. The van der Waals surface area contributed by atoms with Gasteiger partial charge in [-0.1, -0.05) is 12.1 Å². The predicted octanol–water partition coefficient (Wildman–Crippen LogP) is 1.35. The zero-order valence-electron chi connectivity index (χ0n) is 9.80. The van der Waals surface area contributed by atoms with Crippen molar-refractivity contribution in [3.05, 3.63) is 24.3 Å². The SMILES string of the molecule is O=S(=O)(CC1CCCN1)c1nc2ccccc2o1. The van der Waals surface area contributed by atoms with Gasteiger partial charge in [-0.05, 0) is 31.5 Å². The number of fused-ring (bicyclic) bond motifs is 1. The van der Waals surface area contributed by atoms with E-state index < -0.39 is 9.84 Å². The van der Waals surface area contributed by atoms with E-state index in [1.807, 2.05) is 0 Å². The highest BCUT2D eigenvalue weighted by molar-refractivity contribution is 7.91. The fraction of sp³-hybridized carbons (Fsp3) is 0.417. The number of nitrogens with one attached hydrogen (secondary N) is 1. The molecule has 1 aromatic carbocycles. The van der Waals surface area contributed by atoms with Gasteiger partial charge in [0.15, 0.2) is 5.58 Å². The van der Waals surface area contributed by atoms with Gasteiger partial charge in [-0.2, -0.15) is 4.98 Å². The molecule has 1 N–H and O–H groups in total. The topological polar surface area (TPSA) is 72.2 Å². The number of sulfone groups is 1. The van der Waals surface area contributed by atoms with Crippen LogP contribution in [0, 0.1) is 0 Å². The van der Waals surface area contributed by atoms with E-state index in [9.17, 15) is 8.42 Å². The van der Waals surface area contributed by atoms with E-state index in [-0.39, 0.29) is 17.0 Å². The summed E-state index contributed by atoms with van der Waals surface area (Å²) in [6, 6.07) is 7.08. The summed E-state index contributed by atoms with van der Waals surface area (Å²) in [6.45, 7) is 0.883. The molecule has 0 radical (unpaired) electrons. The Hall–Kier alpha value is -1.40. The molecule has 2 aromatic rings. The van der Waals surface area contributed by atoms with Gasteiger partial charge in [0.1, 0.15) is 5.52 Å². The molecule has 0 bridgehead atoms. The first kappa shape index (κ1) is 11.7. The van der Waals surface area contributed by atoms with E-state index >= 15 is 0 Å². The Balaban J connectivity index is 1.92. The summed E-state index contributed by atoms with van der Waals surface area (Å²) in [4.78, 5) is 4.04. The highest BCUT2D eigenvalue weighted by Gasteiger charge is 2.27. The average molecular weight is 266 g/mol. The van der Waals surface area contributed by atoms with Crippen molar-refractivity contribution < 1.29 is 12.8 Å². The van der Waals surface area contributed by atoms with Crippen molar-refractivity contribution in [2.45, 2.75) is 24.1 Å². The molecule has 2 heterocycles. The zero-order chi connectivity index (χ0) is 12.6. The molecular formula is C12H14N2O3S. The van der Waals surface area contributed by atoms with Gasteiger partial charge >= 0.3 is 5.22 Å². The second-order valence-corrected chi connectivity index (χ2v) is 6.43. The maximum absolute atomic E-state index is 12.2. The Kier molecular flexibility index (Phi) is 2.83. The monoisotopic (exact) mass is 266 g/mol. The molecule has 0 amide bonds. The highest BCUT2D eigenvalue weighted by atomic mass is 32.2. The summed E-state index contributed by atoms with van der Waals surface area (Å²) >= 11 is 0. The van der Waals surface area contributed by atoms with Gasteiger partial charge in [0.25, 0.3) is 0 Å². The van der Waals surface area contributed by atoms with Crippen molar-refractivity contribution in [3.63, 3.8) is 0 Å². The smallest absolute Gasteiger partial charge is 0.316 e. The van der Waals surface area contributed by atoms with E-state index in [1.165, 1.54) is 0 Å². The molecule has 1 aliphatic heterocycles. The van der Waals surface area contributed by atoms with Crippen LogP contribution < -0.4 is 5.32 Å². The summed E-state index contributed by atoms with van der Waals surface area (Å²) in [5, 5.41) is 3.00. The molecule has 1 atom stereocenters. The Morgan fingerprint density at radius 1 is 1.39 bits per heavy atom. The lowest BCUT2D eigenvalue weighted by molar-refractivity contribution is 0.455. The number of aromatic nitrogens is 1. The third-order valence-corrected chi connectivity index (χ3v) is 4.67. The van der Waals surface area contributed by atoms with E-state index in [2.05, 4.69) is 10.3 Å². The fourth-order valence-corrected chi connectivity index (χ4v) is 3.63. The summed E-state index contributed by atoms with van der Waals surface area (Å²) in [5.41, 5.74) is 1.09. The molecule has 1 aliphatic rings. The molecule has 0 saturated carbocycles. The van der Waals surface area contributed by atoms with Crippen molar-refractivity contribution in [2.24, 2.45) is 0 Å². The quantitative estimate of drug-likeness (QED) is 0.908. The molecule has 18 heavy (non-hydrogen) atoms. The largest absolute Gasteiger partial charge is 0.428 e. The van der Waals surface area contributed by atoms with Crippen LogP contribution in [0.25, 0.3) is 11.1 Å². The minimum atomic E-state index is -3.45. The number of hydrogen-bond donors (Lipinski definition) is 1. The molecule has 1 fully saturated rings. The van der Waals surface area contributed by atoms with E-state index in [0.29, 0.717) is 11.1 Å². The van der Waals surface area contributed by atoms with Gasteiger partial charge in [-0.3, -0.25) is 0 Å². The maximum Gasteiger partial charge on any atom is 0.316 e. The summed E-state index contributed by atoms with van der Waals surface area (Å²) in [5.74, 6) is 0.0554. The van der Waals surface area contributed by atoms with Crippen LogP contribution >= 0.6 is 0 Å². The lowest BCUT2D eigenvalue weighted by Gasteiger charge is -2.07. The van der Waals surface area contributed by atoms with Gasteiger partial charge in [0, 0.05) is 6.04 Å².